The predicted octanol–water partition coefficient (Wildman–Crippen LogP) is 3.81. The van der Waals surface area contributed by atoms with Crippen LogP contribution < -0.4 is 5.32 Å². The molecule has 0 aromatic heterocycles. The maximum atomic E-state index is 6.14. The summed E-state index contributed by atoms with van der Waals surface area (Å²) in [5.41, 5.74) is 1.07. The molecule has 1 aliphatic rings. The number of likely N-dealkylation sites (tertiary alicyclic amines) is 1. The molecule has 106 valence electrons. The van der Waals surface area contributed by atoms with Crippen LogP contribution in [0.15, 0.2) is 18.2 Å². The van der Waals surface area contributed by atoms with E-state index >= 15 is 0 Å². The SMILES string of the molecule is CC(CNCc1cc(Cl)ccc1Cl)CN1CCCC1. The van der Waals surface area contributed by atoms with Gasteiger partial charge in [0.1, 0.15) is 0 Å². The third-order valence-electron chi connectivity index (χ3n) is 3.58. The van der Waals surface area contributed by atoms with Gasteiger partial charge in [0.25, 0.3) is 0 Å². The fourth-order valence-electron chi connectivity index (χ4n) is 2.60. The average Bonchev–Trinajstić information content (AvgIpc) is 2.86. The maximum Gasteiger partial charge on any atom is 0.0451 e. The van der Waals surface area contributed by atoms with Crippen molar-refractivity contribution in [1.29, 1.82) is 0 Å². The molecule has 0 bridgehead atoms. The van der Waals surface area contributed by atoms with Gasteiger partial charge < -0.3 is 10.2 Å². The molecule has 0 saturated carbocycles. The minimum atomic E-state index is 0.663. The molecule has 1 heterocycles. The van der Waals surface area contributed by atoms with Crippen LogP contribution in [0.3, 0.4) is 0 Å². The van der Waals surface area contributed by atoms with Crippen molar-refractivity contribution in [3.8, 4) is 0 Å². The monoisotopic (exact) mass is 300 g/mol. The van der Waals surface area contributed by atoms with E-state index in [1.54, 1.807) is 0 Å². The summed E-state index contributed by atoms with van der Waals surface area (Å²) in [5.74, 6) is 0.663. The molecule has 1 N–H and O–H groups in total. The van der Waals surface area contributed by atoms with E-state index in [4.69, 9.17) is 23.2 Å². The lowest BCUT2D eigenvalue weighted by Crippen LogP contribution is -2.31. The van der Waals surface area contributed by atoms with E-state index in [0.29, 0.717) is 5.92 Å². The van der Waals surface area contributed by atoms with E-state index < -0.39 is 0 Å². The zero-order valence-corrected chi connectivity index (χ0v) is 13.0. The van der Waals surface area contributed by atoms with Crippen LogP contribution >= 0.6 is 23.2 Å². The first-order valence-electron chi connectivity index (χ1n) is 7.02. The molecule has 2 nitrogen and oxygen atoms in total. The van der Waals surface area contributed by atoms with Crippen LogP contribution in [0.1, 0.15) is 25.3 Å². The highest BCUT2D eigenvalue weighted by atomic mass is 35.5. The fraction of sp³-hybridized carbons (Fsp3) is 0.600. The Balaban J connectivity index is 1.71. The second-order valence-electron chi connectivity index (χ2n) is 5.48. The minimum Gasteiger partial charge on any atom is -0.312 e. The molecule has 0 spiro atoms. The van der Waals surface area contributed by atoms with Crippen LogP contribution in [0, 0.1) is 5.92 Å². The van der Waals surface area contributed by atoms with Crippen molar-refractivity contribution in [3.05, 3.63) is 33.8 Å². The number of rotatable bonds is 6. The van der Waals surface area contributed by atoms with E-state index in [1.807, 2.05) is 18.2 Å². The molecule has 1 aromatic rings. The molecule has 19 heavy (non-hydrogen) atoms. The van der Waals surface area contributed by atoms with Gasteiger partial charge in [-0.25, -0.2) is 0 Å². The molecule has 1 unspecified atom stereocenters. The lowest BCUT2D eigenvalue weighted by molar-refractivity contribution is 0.282. The summed E-state index contributed by atoms with van der Waals surface area (Å²) >= 11 is 12.1. The van der Waals surface area contributed by atoms with Crippen molar-refractivity contribution >= 4 is 23.2 Å². The van der Waals surface area contributed by atoms with Crippen LogP contribution in [0.2, 0.25) is 10.0 Å². The Hall–Kier alpha value is -0.280. The first kappa shape index (κ1) is 15.1. The van der Waals surface area contributed by atoms with Crippen LogP contribution in [-0.2, 0) is 6.54 Å². The normalized spacial score (nSPS) is 17.8. The molecule has 1 aromatic carbocycles. The first-order chi connectivity index (χ1) is 9.15. The van der Waals surface area contributed by atoms with Gasteiger partial charge in [-0.1, -0.05) is 30.1 Å². The topological polar surface area (TPSA) is 15.3 Å². The number of nitrogens with zero attached hydrogens (tertiary/aromatic N) is 1. The number of benzene rings is 1. The van der Waals surface area contributed by atoms with Crippen LogP contribution in [0.25, 0.3) is 0 Å². The maximum absolute atomic E-state index is 6.14. The molecule has 1 atom stereocenters. The Kier molecular flexibility index (Phi) is 5.96. The smallest absolute Gasteiger partial charge is 0.0451 e. The van der Waals surface area contributed by atoms with Crippen molar-refractivity contribution in [2.24, 2.45) is 5.92 Å². The van der Waals surface area contributed by atoms with Crippen molar-refractivity contribution in [2.45, 2.75) is 26.3 Å². The van der Waals surface area contributed by atoms with E-state index in [-0.39, 0.29) is 0 Å². The Labute approximate surface area is 126 Å². The lowest BCUT2D eigenvalue weighted by Gasteiger charge is -2.20. The molecular formula is C15H22Cl2N2. The van der Waals surface area contributed by atoms with Crippen LogP contribution in [0.5, 0.6) is 0 Å². The average molecular weight is 301 g/mol. The van der Waals surface area contributed by atoms with Gasteiger partial charge in [0.05, 0.1) is 0 Å². The highest BCUT2D eigenvalue weighted by Crippen LogP contribution is 2.20. The number of halogens is 2. The third kappa shape index (κ3) is 4.96. The molecule has 1 aliphatic heterocycles. The molecule has 2 rings (SSSR count). The van der Waals surface area contributed by atoms with Crippen molar-refractivity contribution in [3.63, 3.8) is 0 Å². The van der Waals surface area contributed by atoms with Gasteiger partial charge >= 0.3 is 0 Å². The lowest BCUT2D eigenvalue weighted by atomic mass is 10.1. The van der Waals surface area contributed by atoms with Gasteiger partial charge in [0.15, 0.2) is 0 Å². The largest absolute Gasteiger partial charge is 0.312 e. The standard InChI is InChI=1S/C15H22Cl2N2/c1-12(11-19-6-2-3-7-19)9-18-10-13-8-14(16)4-5-15(13)17/h4-5,8,12,18H,2-3,6-7,9-11H2,1H3. The van der Waals surface area contributed by atoms with Gasteiger partial charge in [0.2, 0.25) is 0 Å². The highest BCUT2D eigenvalue weighted by molar-refractivity contribution is 6.33. The quantitative estimate of drug-likeness (QED) is 0.859. The molecule has 1 saturated heterocycles. The van der Waals surface area contributed by atoms with E-state index in [9.17, 15) is 0 Å². The molecule has 0 amide bonds. The van der Waals surface area contributed by atoms with Gasteiger partial charge in [-0.05, 0) is 62.2 Å². The summed E-state index contributed by atoms with van der Waals surface area (Å²) in [6, 6.07) is 5.61. The van der Waals surface area contributed by atoms with Crippen LogP contribution in [0.4, 0.5) is 0 Å². The van der Waals surface area contributed by atoms with E-state index in [1.165, 1.54) is 32.5 Å². The Morgan fingerprint density at radius 1 is 1.26 bits per heavy atom. The van der Waals surface area contributed by atoms with Crippen molar-refractivity contribution in [1.82, 2.24) is 10.2 Å². The summed E-state index contributed by atoms with van der Waals surface area (Å²) in [6.07, 6.45) is 2.72. The van der Waals surface area contributed by atoms with Crippen molar-refractivity contribution < 1.29 is 0 Å². The van der Waals surface area contributed by atoms with Crippen LogP contribution in [-0.4, -0.2) is 31.1 Å². The zero-order valence-electron chi connectivity index (χ0n) is 11.5. The molecule has 0 radical (unpaired) electrons. The van der Waals surface area contributed by atoms with Gasteiger partial charge in [-0.3, -0.25) is 0 Å². The Bertz CT molecular complexity index is 403. The molecule has 1 fully saturated rings. The zero-order chi connectivity index (χ0) is 13.7. The Morgan fingerprint density at radius 3 is 2.74 bits per heavy atom. The molecule has 4 heteroatoms. The summed E-state index contributed by atoms with van der Waals surface area (Å²) < 4.78 is 0. The highest BCUT2D eigenvalue weighted by Gasteiger charge is 2.14. The summed E-state index contributed by atoms with van der Waals surface area (Å²) in [6.45, 7) is 7.82. The predicted molar refractivity (Wildman–Crippen MR) is 83.0 cm³/mol. The van der Waals surface area contributed by atoms with E-state index in [2.05, 4.69) is 17.1 Å². The minimum absolute atomic E-state index is 0.663. The van der Waals surface area contributed by atoms with E-state index in [0.717, 1.165) is 28.7 Å². The van der Waals surface area contributed by atoms with Gasteiger partial charge in [-0.15, -0.1) is 0 Å². The van der Waals surface area contributed by atoms with Crippen molar-refractivity contribution in [2.75, 3.05) is 26.2 Å². The second kappa shape index (κ2) is 7.49. The Morgan fingerprint density at radius 2 is 2.00 bits per heavy atom. The number of hydrogen-bond donors (Lipinski definition) is 1. The third-order valence-corrected chi connectivity index (χ3v) is 4.19. The summed E-state index contributed by atoms with van der Waals surface area (Å²) in [4.78, 5) is 2.55. The summed E-state index contributed by atoms with van der Waals surface area (Å²) in [5, 5.41) is 5.00. The first-order valence-corrected chi connectivity index (χ1v) is 7.78. The molecular weight excluding hydrogens is 279 g/mol. The summed E-state index contributed by atoms with van der Waals surface area (Å²) in [7, 11) is 0. The number of nitrogens with one attached hydrogen (secondary N) is 1. The second-order valence-corrected chi connectivity index (χ2v) is 6.32. The fourth-order valence-corrected chi connectivity index (χ4v) is 2.98. The molecule has 0 aliphatic carbocycles. The number of hydrogen-bond acceptors (Lipinski definition) is 2. The van der Waals surface area contributed by atoms with Gasteiger partial charge in [-0.2, -0.15) is 0 Å². The van der Waals surface area contributed by atoms with Gasteiger partial charge in [0, 0.05) is 23.1 Å².